The minimum absolute atomic E-state index is 0.122. The van der Waals surface area contributed by atoms with Crippen LogP contribution in [0.5, 0.6) is 0 Å². The molecule has 0 bridgehead atoms. The molecule has 0 aliphatic carbocycles. The predicted molar refractivity (Wildman–Crippen MR) is 95.4 cm³/mol. The topological polar surface area (TPSA) is 45.5 Å². The maximum atomic E-state index is 13.1. The van der Waals surface area contributed by atoms with Gasteiger partial charge in [-0.15, -0.1) is 0 Å². The van der Waals surface area contributed by atoms with Gasteiger partial charge in [-0.25, -0.2) is 4.39 Å². The highest BCUT2D eigenvalue weighted by molar-refractivity contribution is 5.99. The van der Waals surface area contributed by atoms with E-state index in [-0.39, 0.29) is 18.2 Å². The number of hydrogen-bond acceptors (Lipinski definition) is 3. The normalized spacial score (nSPS) is 18.0. The second-order valence-corrected chi connectivity index (χ2v) is 6.99. The standard InChI is InChI=1S/C20H25FN2O2/c1-14-9-19(20(25)12-22-8-7-17(10-22)13-24)15(2)23(14)11-16-3-5-18(21)6-4-16/h3-6,9,17,24H,7-8,10-13H2,1-2H3. The number of aliphatic hydroxyl groups is 1. The number of ketones is 1. The third kappa shape index (κ3) is 3.99. The fraction of sp³-hybridized carbons (Fsp3) is 0.450. The van der Waals surface area contributed by atoms with Crippen LogP contribution >= 0.6 is 0 Å². The van der Waals surface area contributed by atoms with Crippen molar-refractivity contribution in [2.45, 2.75) is 26.8 Å². The van der Waals surface area contributed by atoms with Gasteiger partial charge in [0.15, 0.2) is 5.78 Å². The zero-order chi connectivity index (χ0) is 18.0. The van der Waals surface area contributed by atoms with Gasteiger partial charge in [0.25, 0.3) is 0 Å². The van der Waals surface area contributed by atoms with Crippen molar-refractivity contribution in [1.82, 2.24) is 9.47 Å². The van der Waals surface area contributed by atoms with Crippen molar-refractivity contribution in [3.63, 3.8) is 0 Å². The summed E-state index contributed by atoms with van der Waals surface area (Å²) in [5, 5.41) is 9.24. The highest BCUT2D eigenvalue weighted by Gasteiger charge is 2.25. The number of hydrogen-bond donors (Lipinski definition) is 1. The number of aliphatic hydroxyl groups excluding tert-OH is 1. The number of nitrogens with zero attached hydrogens (tertiary/aromatic N) is 2. The summed E-state index contributed by atoms with van der Waals surface area (Å²) >= 11 is 0. The number of benzene rings is 1. The molecule has 2 heterocycles. The minimum atomic E-state index is -0.243. The highest BCUT2D eigenvalue weighted by atomic mass is 19.1. The SMILES string of the molecule is Cc1cc(C(=O)CN2CCC(CO)C2)c(C)n1Cc1ccc(F)cc1. The Balaban J connectivity index is 1.72. The third-order valence-electron chi connectivity index (χ3n) is 5.12. The summed E-state index contributed by atoms with van der Waals surface area (Å²) < 4.78 is 15.2. The van der Waals surface area contributed by atoms with Gasteiger partial charge in [0.05, 0.1) is 6.54 Å². The van der Waals surface area contributed by atoms with Crippen LogP contribution in [0.15, 0.2) is 30.3 Å². The zero-order valence-electron chi connectivity index (χ0n) is 14.8. The first-order valence-corrected chi connectivity index (χ1v) is 8.75. The molecule has 3 rings (SSSR count). The van der Waals surface area contributed by atoms with E-state index < -0.39 is 0 Å². The van der Waals surface area contributed by atoms with E-state index in [0.29, 0.717) is 19.0 Å². The minimum Gasteiger partial charge on any atom is -0.396 e. The smallest absolute Gasteiger partial charge is 0.178 e. The molecule has 1 N–H and O–H groups in total. The number of rotatable bonds is 6. The molecule has 4 nitrogen and oxygen atoms in total. The largest absolute Gasteiger partial charge is 0.396 e. The summed E-state index contributed by atoms with van der Waals surface area (Å²) in [6.45, 7) is 6.83. The van der Waals surface area contributed by atoms with E-state index in [1.165, 1.54) is 12.1 Å². The predicted octanol–water partition coefficient (Wildman–Crippen LogP) is 2.79. The lowest BCUT2D eigenvalue weighted by Crippen LogP contribution is -2.28. The lowest BCUT2D eigenvalue weighted by atomic mass is 10.1. The molecular formula is C20H25FN2O2. The van der Waals surface area contributed by atoms with Crippen molar-refractivity contribution in [3.8, 4) is 0 Å². The summed E-state index contributed by atoms with van der Waals surface area (Å²) in [6, 6.07) is 8.41. The molecule has 2 aromatic rings. The molecule has 5 heteroatoms. The van der Waals surface area contributed by atoms with Crippen LogP contribution in [0.4, 0.5) is 4.39 Å². The first-order valence-electron chi connectivity index (χ1n) is 8.75. The molecule has 1 aromatic carbocycles. The number of likely N-dealkylation sites (tertiary alicyclic amines) is 1. The zero-order valence-corrected chi connectivity index (χ0v) is 14.8. The Hall–Kier alpha value is -1.98. The second-order valence-electron chi connectivity index (χ2n) is 6.99. The summed E-state index contributed by atoms with van der Waals surface area (Å²) in [6.07, 6.45) is 0.952. The van der Waals surface area contributed by atoms with Crippen molar-refractivity contribution in [2.24, 2.45) is 5.92 Å². The van der Waals surface area contributed by atoms with Crippen molar-refractivity contribution >= 4 is 5.78 Å². The fourth-order valence-electron chi connectivity index (χ4n) is 3.59. The number of carbonyl (C=O) groups is 1. The first-order chi connectivity index (χ1) is 12.0. The molecule has 0 radical (unpaired) electrons. The average Bonchev–Trinajstić information content (AvgIpc) is 3.16. The van der Waals surface area contributed by atoms with Gasteiger partial charge in [0, 0.05) is 36.6 Å². The molecule has 1 unspecified atom stereocenters. The Kier molecular flexibility index (Phi) is 5.35. The Morgan fingerprint density at radius 2 is 2.00 bits per heavy atom. The van der Waals surface area contributed by atoms with E-state index in [2.05, 4.69) is 9.47 Å². The molecule has 0 spiro atoms. The fourth-order valence-corrected chi connectivity index (χ4v) is 3.59. The van der Waals surface area contributed by atoms with Crippen LogP contribution in [0.2, 0.25) is 0 Å². The van der Waals surface area contributed by atoms with Gasteiger partial charge in [-0.2, -0.15) is 0 Å². The molecule has 1 saturated heterocycles. The van der Waals surface area contributed by atoms with E-state index in [4.69, 9.17) is 0 Å². The molecular weight excluding hydrogens is 319 g/mol. The molecule has 0 saturated carbocycles. The second kappa shape index (κ2) is 7.50. The van der Waals surface area contributed by atoms with E-state index >= 15 is 0 Å². The Bertz CT molecular complexity index is 752. The number of carbonyl (C=O) groups excluding carboxylic acids is 1. The molecule has 1 fully saturated rings. The van der Waals surface area contributed by atoms with Crippen LogP contribution < -0.4 is 0 Å². The lowest BCUT2D eigenvalue weighted by Gasteiger charge is -2.15. The average molecular weight is 344 g/mol. The molecule has 1 aliphatic rings. The first kappa shape index (κ1) is 17.8. The number of Topliss-reactive ketones (excluding diaryl/α,β-unsaturated/α-hetero) is 1. The highest BCUT2D eigenvalue weighted by Crippen LogP contribution is 2.20. The molecule has 134 valence electrons. The van der Waals surface area contributed by atoms with E-state index in [9.17, 15) is 14.3 Å². The quantitative estimate of drug-likeness (QED) is 0.820. The Labute approximate surface area is 147 Å². The van der Waals surface area contributed by atoms with Crippen LogP contribution in [-0.4, -0.2) is 46.6 Å². The van der Waals surface area contributed by atoms with Crippen LogP contribution in [0, 0.1) is 25.6 Å². The molecule has 1 atom stereocenters. The van der Waals surface area contributed by atoms with Gasteiger partial charge in [0.1, 0.15) is 5.82 Å². The molecule has 0 amide bonds. The van der Waals surface area contributed by atoms with Crippen LogP contribution in [0.1, 0.15) is 33.7 Å². The molecule has 1 aromatic heterocycles. The summed E-state index contributed by atoms with van der Waals surface area (Å²) in [7, 11) is 0. The summed E-state index contributed by atoms with van der Waals surface area (Å²) in [5.74, 6) is 0.170. The third-order valence-corrected chi connectivity index (χ3v) is 5.12. The van der Waals surface area contributed by atoms with Crippen molar-refractivity contribution in [2.75, 3.05) is 26.2 Å². The number of aryl methyl sites for hydroxylation is 1. The van der Waals surface area contributed by atoms with Crippen molar-refractivity contribution in [3.05, 3.63) is 58.7 Å². The lowest BCUT2D eigenvalue weighted by molar-refractivity contribution is 0.0939. The number of halogens is 1. The van der Waals surface area contributed by atoms with Crippen LogP contribution in [0.25, 0.3) is 0 Å². The maximum absolute atomic E-state index is 13.1. The summed E-state index contributed by atoms with van der Waals surface area (Å²) in [4.78, 5) is 14.8. The van der Waals surface area contributed by atoms with Gasteiger partial charge < -0.3 is 9.67 Å². The molecule has 1 aliphatic heterocycles. The molecule has 25 heavy (non-hydrogen) atoms. The van der Waals surface area contributed by atoms with E-state index in [1.54, 1.807) is 12.1 Å². The van der Waals surface area contributed by atoms with Gasteiger partial charge in [-0.05, 0) is 56.5 Å². The van der Waals surface area contributed by atoms with Crippen LogP contribution in [-0.2, 0) is 6.54 Å². The van der Waals surface area contributed by atoms with E-state index in [0.717, 1.165) is 42.0 Å². The van der Waals surface area contributed by atoms with Crippen molar-refractivity contribution < 1.29 is 14.3 Å². The van der Waals surface area contributed by atoms with Gasteiger partial charge >= 0.3 is 0 Å². The van der Waals surface area contributed by atoms with Crippen LogP contribution in [0.3, 0.4) is 0 Å². The van der Waals surface area contributed by atoms with Gasteiger partial charge in [-0.3, -0.25) is 9.69 Å². The van der Waals surface area contributed by atoms with Crippen molar-refractivity contribution in [1.29, 1.82) is 0 Å². The monoisotopic (exact) mass is 344 g/mol. The van der Waals surface area contributed by atoms with E-state index in [1.807, 2.05) is 19.9 Å². The Morgan fingerprint density at radius 1 is 1.28 bits per heavy atom. The maximum Gasteiger partial charge on any atom is 0.178 e. The summed E-state index contributed by atoms with van der Waals surface area (Å²) in [5.41, 5.74) is 3.74. The number of aromatic nitrogens is 1. The van der Waals surface area contributed by atoms with Gasteiger partial charge in [-0.1, -0.05) is 12.1 Å². The Morgan fingerprint density at radius 3 is 2.64 bits per heavy atom. The van der Waals surface area contributed by atoms with Gasteiger partial charge in [0.2, 0.25) is 0 Å².